The molecule has 0 aliphatic rings. The summed E-state index contributed by atoms with van der Waals surface area (Å²) in [7, 11) is 0. The van der Waals surface area contributed by atoms with E-state index >= 15 is 0 Å². The summed E-state index contributed by atoms with van der Waals surface area (Å²) >= 11 is 0. The van der Waals surface area contributed by atoms with E-state index in [1.54, 1.807) is 13.8 Å². The van der Waals surface area contributed by atoms with Gasteiger partial charge in [-0.3, -0.25) is 0 Å². The van der Waals surface area contributed by atoms with E-state index in [1.165, 1.54) is 0 Å². The van der Waals surface area contributed by atoms with Crippen LogP contribution >= 0.6 is 0 Å². The molecule has 0 unspecified atom stereocenters. The average molecular weight is 153 g/mol. The van der Waals surface area contributed by atoms with Crippen LogP contribution in [0.5, 0.6) is 0 Å². The summed E-state index contributed by atoms with van der Waals surface area (Å²) in [6.45, 7) is 6.83. The molecular weight excluding hydrogens is 143 g/mol. The van der Waals surface area contributed by atoms with Gasteiger partial charge < -0.3 is 4.74 Å². The molecule has 0 aromatic carbocycles. The minimum Gasteiger partial charge on any atom is -0.460 e. The molecule has 0 N–H and O–H groups in total. The van der Waals surface area contributed by atoms with Crippen LogP contribution in [0, 0.1) is 0 Å². The quantitative estimate of drug-likeness (QED) is 0.332. The summed E-state index contributed by atoms with van der Waals surface area (Å²) in [5.41, 5.74) is 0. The Hall–Kier alpha value is 0.846. The maximum atomic E-state index is 10.3. The zero-order chi connectivity index (χ0) is 6.57. The molecule has 0 heterocycles. The molecule has 2 nitrogen and oxygen atoms in total. The van der Waals surface area contributed by atoms with Crippen molar-refractivity contribution in [3.05, 3.63) is 12.7 Å². The maximum absolute atomic E-state index is 10.3. The van der Waals surface area contributed by atoms with Crippen molar-refractivity contribution in [2.24, 2.45) is 0 Å². The molecule has 0 aliphatic carbocycles. The van der Waals surface area contributed by atoms with E-state index in [0.29, 0.717) is 0 Å². The number of hydrogen-bond donors (Lipinski definition) is 0. The van der Waals surface area contributed by atoms with E-state index in [2.05, 4.69) is 11.3 Å². The van der Waals surface area contributed by atoms with Crippen LogP contribution in [0.2, 0.25) is 0 Å². The van der Waals surface area contributed by atoms with Gasteiger partial charge in [0.2, 0.25) is 0 Å². The molecule has 0 spiro atoms. The number of esters is 1. The first-order valence-electron chi connectivity index (χ1n) is 2.50. The summed E-state index contributed by atoms with van der Waals surface area (Å²) in [5, 5.41) is 0. The smallest absolute Gasteiger partial charge is 0.330 e. The molecule has 0 amide bonds. The Morgan fingerprint density at radius 3 is 2.22 bits per heavy atom. The molecule has 0 aliphatic heterocycles. The van der Waals surface area contributed by atoms with Gasteiger partial charge in [0.05, 0.1) is 6.10 Å². The van der Waals surface area contributed by atoms with Gasteiger partial charge >= 0.3 is 5.97 Å². The Balaban J connectivity index is 0. The predicted octanol–water partition coefficient (Wildman–Crippen LogP) is 0.743. The van der Waals surface area contributed by atoms with E-state index in [0.717, 1.165) is 6.08 Å². The summed E-state index contributed by atoms with van der Waals surface area (Å²) in [5.74, 6) is -0.361. The van der Waals surface area contributed by atoms with Crippen LogP contribution in [0.4, 0.5) is 0 Å². The van der Waals surface area contributed by atoms with Gasteiger partial charge in [-0.15, -0.1) is 0 Å². The van der Waals surface area contributed by atoms with Crippen molar-refractivity contribution in [1.29, 1.82) is 0 Å². The minimum absolute atomic E-state index is 0. The monoisotopic (exact) mass is 153 g/mol. The van der Waals surface area contributed by atoms with Gasteiger partial charge in [-0.2, -0.15) is 0 Å². The fraction of sp³-hybridized carbons (Fsp3) is 0.500. The largest absolute Gasteiger partial charge is 0.460 e. The molecule has 0 atom stereocenters. The number of ether oxygens (including phenoxy) is 1. The number of carbonyl (C=O) groups excluding carboxylic acids is 1. The van der Waals surface area contributed by atoms with Crippen molar-refractivity contribution in [1.82, 2.24) is 0 Å². The normalized spacial score (nSPS) is 7.89. The molecular formula is C6H10KO2. The van der Waals surface area contributed by atoms with Crippen molar-refractivity contribution in [3.8, 4) is 0 Å². The van der Waals surface area contributed by atoms with Crippen LogP contribution < -0.4 is 0 Å². The van der Waals surface area contributed by atoms with Crippen molar-refractivity contribution in [2.45, 2.75) is 20.0 Å². The maximum Gasteiger partial charge on any atom is 0.330 e. The first kappa shape index (κ1) is 12.5. The third-order valence-electron chi connectivity index (χ3n) is 0.519. The Kier molecular flexibility index (Phi) is 9.68. The van der Waals surface area contributed by atoms with Crippen molar-refractivity contribution in [2.75, 3.05) is 0 Å². The molecule has 0 fully saturated rings. The summed E-state index contributed by atoms with van der Waals surface area (Å²) in [4.78, 5) is 10.3. The van der Waals surface area contributed by atoms with Crippen LogP contribution in [0.3, 0.4) is 0 Å². The van der Waals surface area contributed by atoms with Gasteiger partial charge in [-0.1, -0.05) is 6.58 Å². The van der Waals surface area contributed by atoms with E-state index in [1.807, 2.05) is 0 Å². The fourth-order valence-electron chi connectivity index (χ4n) is 0.280. The molecule has 3 heteroatoms. The standard InChI is InChI=1S/C6H10O2.K/c1-4-6(7)8-5(2)3;/h4-5H,1H2,2-3H3;. The topological polar surface area (TPSA) is 26.3 Å². The van der Waals surface area contributed by atoms with Crippen LogP contribution in [0.25, 0.3) is 0 Å². The van der Waals surface area contributed by atoms with Gasteiger partial charge in [0.15, 0.2) is 0 Å². The second-order valence-corrected chi connectivity index (χ2v) is 1.69. The Bertz CT molecular complexity index is 99.2. The fourth-order valence-corrected chi connectivity index (χ4v) is 0.280. The van der Waals surface area contributed by atoms with Gasteiger partial charge in [0, 0.05) is 57.5 Å². The second-order valence-electron chi connectivity index (χ2n) is 1.69. The molecule has 47 valence electrons. The Labute approximate surface area is 98.1 Å². The molecule has 0 saturated heterocycles. The number of carbonyl (C=O) groups is 1. The van der Waals surface area contributed by atoms with E-state index < -0.39 is 0 Å². The molecule has 0 aromatic rings. The van der Waals surface area contributed by atoms with Crippen LogP contribution in [0.1, 0.15) is 13.8 Å². The van der Waals surface area contributed by atoms with Gasteiger partial charge in [-0.05, 0) is 13.8 Å². The van der Waals surface area contributed by atoms with E-state index in [4.69, 9.17) is 0 Å². The summed E-state index contributed by atoms with van der Waals surface area (Å²) in [6.07, 6.45) is 1.11. The van der Waals surface area contributed by atoms with Crippen LogP contribution in [-0.2, 0) is 9.53 Å². The Morgan fingerprint density at radius 2 is 2.11 bits per heavy atom. The van der Waals surface area contributed by atoms with Crippen molar-refractivity contribution in [3.63, 3.8) is 0 Å². The van der Waals surface area contributed by atoms with E-state index in [-0.39, 0.29) is 63.5 Å². The zero-order valence-electron chi connectivity index (χ0n) is 6.18. The molecule has 0 rings (SSSR count). The SMILES string of the molecule is C=CC(=O)OC(C)C.[K]. The average Bonchev–Trinajstić information content (AvgIpc) is 1.65. The summed E-state index contributed by atoms with van der Waals surface area (Å²) in [6, 6.07) is 0. The molecule has 9 heavy (non-hydrogen) atoms. The van der Waals surface area contributed by atoms with Gasteiger partial charge in [-0.25, -0.2) is 4.79 Å². The minimum atomic E-state index is -0.361. The first-order valence-corrected chi connectivity index (χ1v) is 2.50. The second kappa shape index (κ2) is 6.96. The van der Waals surface area contributed by atoms with Gasteiger partial charge in [0.1, 0.15) is 0 Å². The zero-order valence-corrected chi connectivity index (χ0v) is 9.30. The Morgan fingerprint density at radius 1 is 1.67 bits per heavy atom. The predicted molar refractivity (Wildman–Crippen MR) is 37.2 cm³/mol. The third kappa shape index (κ3) is 8.85. The third-order valence-corrected chi connectivity index (χ3v) is 0.519. The molecule has 0 bridgehead atoms. The molecule has 0 aromatic heterocycles. The number of hydrogen-bond acceptors (Lipinski definition) is 2. The first-order chi connectivity index (χ1) is 3.66. The van der Waals surface area contributed by atoms with Crippen LogP contribution in [0.15, 0.2) is 12.7 Å². The van der Waals surface area contributed by atoms with E-state index in [9.17, 15) is 4.79 Å². The molecule has 0 saturated carbocycles. The summed E-state index contributed by atoms with van der Waals surface area (Å²) < 4.78 is 4.64. The van der Waals surface area contributed by atoms with Crippen molar-refractivity contribution >= 4 is 57.4 Å². The van der Waals surface area contributed by atoms with Crippen LogP contribution in [-0.4, -0.2) is 63.5 Å². The van der Waals surface area contributed by atoms with Gasteiger partial charge in [0.25, 0.3) is 0 Å². The number of rotatable bonds is 2. The van der Waals surface area contributed by atoms with Crippen molar-refractivity contribution < 1.29 is 9.53 Å². The molecule has 1 radical (unpaired) electrons.